The lowest BCUT2D eigenvalue weighted by Crippen LogP contribution is -1.93. The molecule has 0 atom stereocenters. The summed E-state index contributed by atoms with van der Waals surface area (Å²) < 4.78 is 0. The SMILES string of the molecule is O=C(O)c1ccccc1.OCc1ccc(Cl)nc1. The Morgan fingerprint density at radius 1 is 1.17 bits per heavy atom. The van der Waals surface area contributed by atoms with Gasteiger partial charge in [0.05, 0.1) is 12.2 Å². The molecule has 0 aliphatic rings. The number of aliphatic hydroxyl groups excluding tert-OH is 1. The van der Waals surface area contributed by atoms with E-state index in [2.05, 4.69) is 4.98 Å². The second-order valence-corrected chi connectivity index (χ2v) is 3.71. The fraction of sp³-hybridized carbons (Fsp3) is 0.0769. The Balaban J connectivity index is 0.000000180. The zero-order valence-electron chi connectivity index (χ0n) is 9.45. The van der Waals surface area contributed by atoms with Crippen molar-refractivity contribution < 1.29 is 15.0 Å². The average Bonchev–Trinajstić information content (AvgIpc) is 2.41. The van der Waals surface area contributed by atoms with Crippen LogP contribution in [0.5, 0.6) is 0 Å². The van der Waals surface area contributed by atoms with E-state index < -0.39 is 5.97 Å². The molecule has 2 N–H and O–H groups in total. The van der Waals surface area contributed by atoms with E-state index in [1.807, 2.05) is 0 Å². The average molecular weight is 266 g/mol. The number of aromatic carboxylic acids is 1. The molecule has 1 aromatic heterocycles. The number of carboxylic acids is 1. The lowest BCUT2D eigenvalue weighted by atomic mass is 10.2. The van der Waals surface area contributed by atoms with Crippen LogP contribution in [0, 0.1) is 0 Å². The minimum atomic E-state index is -0.879. The summed E-state index contributed by atoms with van der Waals surface area (Å²) in [5.74, 6) is -0.879. The van der Waals surface area contributed by atoms with Gasteiger partial charge in [-0.1, -0.05) is 35.9 Å². The molecule has 5 heteroatoms. The summed E-state index contributed by atoms with van der Waals surface area (Å²) in [6.45, 7) is 0.0180. The van der Waals surface area contributed by atoms with Crippen LogP contribution in [0.2, 0.25) is 5.15 Å². The zero-order valence-corrected chi connectivity index (χ0v) is 10.2. The number of halogens is 1. The molecule has 0 saturated carbocycles. The third kappa shape index (κ3) is 4.95. The largest absolute Gasteiger partial charge is 0.478 e. The number of nitrogens with zero attached hydrogens (tertiary/aromatic N) is 1. The summed E-state index contributed by atoms with van der Waals surface area (Å²) in [6, 6.07) is 11.7. The quantitative estimate of drug-likeness (QED) is 0.819. The van der Waals surface area contributed by atoms with Gasteiger partial charge in [0, 0.05) is 6.20 Å². The van der Waals surface area contributed by atoms with Gasteiger partial charge in [-0.25, -0.2) is 9.78 Å². The summed E-state index contributed by atoms with van der Waals surface area (Å²) >= 11 is 5.48. The van der Waals surface area contributed by atoms with E-state index >= 15 is 0 Å². The molecule has 2 rings (SSSR count). The fourth-order valence-electron chi connectivity index (χ4n) is 1.08. The van der Waals surface area contributed by atoms with E-state index in [1.165, 1.54) is 0 Å². The highest BCUT2D eigenvalue weighted by atomic mass is 35.5. The molecular weight excluding hydrogens is 254 g/mol. The standard InChI is InChI=1S/C7H6O2.C6H6ClNO/c8-7(9)6-4-2-1-3-5-6;7-6-2-1-5(4-9)3-8-6/h1-5H,(H,8,9);1-3,9H,4H2. The van der Waals surface area contributed by atoms with Gasteiger partial charge < -0.3 is 10.2 Å². The van der Waals surface area contributed by atoms with Crippen molar-refractivity contribution in [1.82, 2.24) is 4.98 Å². The molecule has 94 valence electrons. The van der Waals surface area contributed by atoms with Gasteiger partial charge in [-0.3, -0.25) is 0 Å². The van der Waals surface area contributed by atoms with Crippen molar-refractivity contribution >= 4 is 17.6 Å². The first kappa shape index (κ1) is 14.2. The van der Waals surface area contributed by atoms with E-state index in [-0.39, 0.29) is 6.61 Å². The normalized spacial score (nSPS) is 9.22. The topological polar surface area (TPSA) is 70.4 Å². The predicted molar refractivity (Wildman–Crippen MR) is 68.6 cm³/mol. The Kier molecular flexibility index (Phi) is 5.84. The third-order valence-electron chi connectivity index (χ3n) is 1.99. The number of benzene rings is 1. The molecule has 0 amide bonds. The van der Waals surface area contributed by atoms with Crippen LogP contribution in [-0.2, 0) is 6.61 Å². The summed E-state index contributed by atoms with van der Waals surface area (Å²) in [5.41, 5.74) is 1.11. The van der Waals surface area contributed by atoms with Gasteiger partial charge in [0.2, 0.25) is 0 Å². The van der Waals surface area contributed by atoms with Crippen LogP contribution in [0.3, 0.4) is 0 Å². The molecule has 0 unspecified atom stereocenters. The Morgan fingerprint density at radius 3 is 2.22 bits per heavy atom. The molecule has 0 fully saturated rings. The van der Waals surface area contributed by atoms with E-state index in [0.29, 0.717) is 10.7 Å². The van der Waals surface area contributed by atoms with E-state index in [4.69, 9.17) is 21.8 Å². The maximum atomic E-state index is 10.2. The number of pyridine rings is 1. The number of carbonyl (C=O) groups is 1. The molecule has 0 spiro atoms. The highest BCUT2D eigenvalue weighted by Gasteiger charge is 1.96. The van der Waals surface area contributed by atoms with Crippen molar-refractivity contribution in [3.63, 3.8) is 0 Å². The Labute approximate surface area is 109 Å². The molecule has 0 aliphatic carbocycles. The predicted octanol–water partition coefficient (Wildman–Crippen LogP) is 2.61. The number of hydrogen-bond donors (Lipinski definition) is 2. The van der Waals surface area contributed by atoms with Crippen LogP contribution in [0.15, 0.2) is 48.7 Å². The Morgan fingerprint density at radius 2 is 1.83 bits per heavy atom. The molecule has 2 aromatic rings. The molecule has 1 aromatic carbocycles. The molecule has 0 aliphatic heterocycles. The van der Waals surface area contributed by atoms with Crippen LogP contribution in [0.25, 0.3) is 0 Å². The lowest BCUT2D eigenvalue weighted by molar-refractivity contribution is 0.0697. The maximum absolute atomic E-state index is 10.2. The number of rotatable bonds is 2. The third-order valence-corrected chi connectivity index (χ3v) is 2.22. The summed E-state index contributed by atoms with van der Waals surface area (Å²) in [6.07, 6.45) is 1.54. The first-order valence-electron chi connectivity index (χ1n) is 5.13. The molecule has 4 nitrogen and oxygen atoms in total. The van der Waals surface area contributed by atoms with Crippen molar-refractivity contribution in [2.45, 2.75) is 6.61 Å². The monoisotopic (exact) mass is 265 g/mol. The van der Waals surface area contributed by atoms with Gasteiger partial charge >= 0.3 is 5.97 Å². The smallest absolute Gasteiger partial charge is 0.335 e. The molecule has 0 bridgehead atoms. The molecule has 18 heavy (non-hydrogen) atoms. The van der Waals surface area contributed by atoms with E-state index in [9.17, 15) is 4.79 Å². The van der Waals surface area contributed by atoms with Gasteiger partial charge in [-0.2, -0.15) is 0 Å². The molecular formula is C13H12ClNO3. The Hall–Kier alpha value is -1.91. The van der Waals surface area contributed by atoms with Gasteiger partial charge in [-0.15, -0.1) is 0 Å². The number of hydrogen-bond acceptors (Lipinski definition) is 3. The minimum Gasteiger partial charge on any atom is -0.478 e. The van der Waals surface area contributed by atoms with Crippen LogP contribution in [-0.4, -0.2) is 21.2 Å². The van der Waals surface area contributed by atoms with Crippen LogP contribution in [0.4, 0.5) is 0 Å². The van der Waals surface area contributed by atoms with Gasteiger partial charge in [-0.05, 0) is 23.8 Å². The number of aromatic nitrogens is 1. The van der Waals surface area contributed by atoms with E-state index in [1.54, 1.807) is 48.7 Å². The van der Waals surface area contributed by atoms with Crippen molar-refractivity contribution in [2.24, 2.45) is 0 Å². The summed E-state index contributed by atoms with van der Waals surface area (Å²) in [5, 5.41) is 17.4. The van der Waals surface area contributed by atoms with Crippen molar-refractivity contribution in [3.05, 3.63) is 64.9 Å². The highest BCUT2D eigenvalue weighted by molar-refractivity contribution is 6.29. The van der Waals surface area contributed by atoms with Crippen molar-refractivity contribution in [1.29, 1.82) is 0 Å². The molecule has 1 heterocycles. The van der Waals surface area contributed by atoms with Crippen LogP contribution < -0.4 is 0 Å². The number of aliphatic hydroxyl groups is 1. The summed E-state index contributed by atoms with van der Waals surface area (Å²) in [7, 11) is 0. The van der Waals surface area contributed by atoms with Gasteiger partial charge in [0.1, 0.15) is 5.15 Å². The summed E-state index contributed by atoms with van der Waals surface area (Å²) in [4.78, 5) is 14.0. The molecule has 0 radical (unpaired) electrons. The van der Waals surface area contributed by atoms with Crippen molar-refractivity contribution in [2.75, 3.05) is 0 Å². The maximum Gasteiger partial charge on any atom is 0.335 e. The lowest BCUT2D eigenvalue weighted by Gasteiger charge is -1.91. The second-order valence-electron chi connectivity index (χ2n) is 3.32. The zero-order chi connectivity index (χ0) is 13.4. The van der Waals surface area contributed by atoms with E-state index in [0.717, 1.165) is 5.56 Å². The second kappa shape index (κ2) is 7.42. The minimum absolute atomic E-state index is 0.0180. The first-order chi connectivity index (χ1) is 8.63. The van der Waals surface area contributed by atoms with Crippen molar-refractivity contribution in [3.8, 4) is 0 Å². The Bertz CT molecular complexity index is 485. The van der Waals surface area contributed by atoms with Crippen LogP contribution in [0.1, 0.15) is 15.9 Å². The first-order valence-corrected chi connectivity index (χ1v) is 5.51. The molecule has 0 saturated heterocycles. The number of carboxylic acid groups (broad SMARTS) is 1. The van der Waals surface area contributed by atoms with Gasteiger partial charge in [0.15, 0.2) is 0 Å². The fourth-order valence-corrected chi connectivity index (χ4v) is 1.19. The van der Waals surface area contributed by atoms with Gasteiger partial charge in [0.25, 0.3) is 0 Å². The highest BCUT2D eigenvalue weighted by Crippen LogP contribution is 2.04. The van der Waals surface area contributed by atoms with Crippen LogP contribution >= 0.6 is 11.6 Å².